The number of carbonyl (C=O) groups excluding carboxylic acids is 2. The summed E-state index contributed by atoms with van der Waals surface area (Å²) in [4.78, 5) is 25.4. The van der Waals surface area contributed by atoms with E-state index >= 15 is 0 Å². The fourth-order valence-electron chi connectivity index (χ4n) is 2.42. The number of hydrogen-bond acceptors (Lipinski definition) is 6. The van der Waals surface area contributed by atoms with Gasteiger partial charge in [0.15, 0.2) is 6.61 Å². The van der Waals surface area contributed by atoms with E-state index in [1.165, 1.54) is 23.5 Å². The lowest BCUT2D eigenvalue weighted by Crippen LogP contribution is -2.30. The average molecular weight is 411 g/mol. The van der Waals surface area contributed by atoms with Crippen molar-refractivity contribution in [2.24, 2.45) is 5.14 Å². The second kappa shape index (κ2) is 9.12. The van der Waals surface area contributed by atoms with Gasteiger partial charge in [0.1, 0.15) is 4.88 Å². The van der Waals surface area contributed by atoms with E-state index in [4.69, 9.17) is 9.88 Å². The molecule has 1 heterocycles. The fraction of sp³-hybridized carbons (Fsp3) is 0.333. The number of aryl methyl sites for hydroxylation is 2. The van der Waals surface area contributed by atoms with Crippen LogP contribution in [-0.4, -0.2) is 33.4 Å². The number of carbonyl (C=O) groups is 2. The van der Waals surface area contributed by atoms with Gasteiger partial charge in [0.25, 0.3) is 5.91 Å². The second-order valence-electron chi connectivity index (χ2n) is 5.94. The van der Waals surface area contributed by atoms with E-state index in [1.807, 2.05) is 13.8 Å². The summed E-state index contributed by atoms with van der Waals surface area (Å²) in [5.74, 6) is -0.898. The molecule has 2 rings (SSSR count). The van der Waals surface area contributed by atoms with Crippen LogP contribution in [0.3, 0.4) is 0 Å². The number of rotatable bonds is 8. The quantitative estimate of drug-likeness (QED) is 0.644. The van der Waals surface area contributed by atoms with E-state index in [1.54, 1.807) is 18.2 Å². The first-order valence-corrected chi connectivity index (χ1v) is 10.7. The molecule has 2 aromatic rings. The van der Waals surface area contributed by atoms with Gasteiger partial charge in [-0.15, -0.1) is 11.3 Å². The van der Waals surface area contributed by atoms with Gasteiger partial charge >= 0.3 is 5.97 Å². The number of sulfonamides is 1. The van der Waals surface area contributed by atoms with E-state index in [9.17, 15) is 18.0 Å². The molecular formula is C18H22N2O5S2. The van der Waals surface area contributed by atoms with Crippen LogP contribution in [0.15, 0.2) is 35.2 Å². The van der Waals surface area contributed by atoms with Crippen LogP contribution in [0, 0.1) is 6.92 Å². The molecule has 7 nitrogen and oxygen atoms in total. The van der Waals surface area contributed by atoms with E-state index < -0.39 is 21.9 Å². The van der Waals surface area contributed by atoms with Crippen LogP contribution in [0.25, 0.3) is 0 Å². The Balaban J connectivity index is 1.75. The largest absolute Gasteiger partial charge is 0.451 e. The van der Waals surface area contributed by atoms with Gasteiger partial charge < -0.3 is 10.1 Å². The Morgan fingerprint density at radius 1 is 1.22 bits per heavy atom. The average Bonchev–Trinajstić information content (AvgIpc) is 3.00. The molecule has 0 fully saturated rings. The number of hydrogen-bond donors (Lipinski definition) is 2. The van der Waals surface area contributed by atoms with Crippen molar-refractivity contribution >= 4 is 33.2 Å². The lowest BCUT2D eigenvalue weighted by Gasteiger charge is -2.06. The number of ether oxygens (including phenoxy) is 1. The first-order chi connectivity index (χ1) is 12.7. The van der Waals surface area contributed by atoms with E-state index in [0.717, 1.165) is 22.4 Å². The molecule has 1 amide bonds. The van der Waals surface area contributed by atoms with Gasteiger partial charge in [0, 0.05) is 11.4 Å². The maximum Gasteiger partial charge on any atom is 0.348 e. The van der Waals surface area contributed by atoms with Crippen molar-refractivity contribution < 1.29 is 22.7 Å². The van der Waals surface area contributed by atoms with Crippen LogP contribution in [0.5, 0.6) is 0 Å². The molecule has 0 aliphatic heterocycles. The van der Waals surface area contributed by atoms with Crippen LogP contribution in [0.2, 0.25) is 0 Å². The molecule has 0 radical (unpaired) electrons. The lowest BCUT2D eigenvalue weighted by atomic mass is 10.1. The third kappa shape index (κ3) is 6.16. The molecule has 0 saturated heterocycles. The summed E-state index contributed by atoms with van der Waals surface area (Å²) in [5.41, 5.74) is 1.90. The fourth-order valence-corrected chi connectivity index (χ4v) is 3.94. The van der Waals surface area contributed by atoms with E-state index in [0.29, 0.717) is 17.8 Å². The molecule has 0 aliphatic rings. The molecule has 0 unspecified atom stereocenters. The number of benzene rings is 1. The monoisotopic (exact) mass is 410 g/mol. The Hall–Kier alpha value is -2.23. The Morgan fingerprint density at radius 2 is 1.89 bits per heavy atom. The third-order valence-electron chi connectivity index (χ3n) is 3.86. The molecule has 146 valence electrons. The minimum Gasteiger partial charge on any atom is -0.451 e. The molecule has 0 bridgehead atoms. The summed E-state index contributed by atoms with van der Waals surface area (Å²) in [7, 11) is -3.71. The van der Waals surface area contributed by atoms with Crippen molar-refractivity contribution in [3.8, 4) is 0 Å². The van der Waals surface area contributed by atoms with Gasteiger partial charge in [-0.1, -0.05) is 19.1 Å². The zero-order valence-corrected chi connectivity index (χ0v) is 16.8. The van der Waals surface area contributed by atoms with Gasteiger partial charge in [-0.3, -0.25) is 4.79 Å². The Kier molecular flexibility index (Phi) is 7.11. The second-order valence-corrected chi connectivity index (χ2v) is 8.63. The van der Waals surface area contributed by atoms with Crippen molar-refractivity contribution in [3.05, 3.63) is 51.2 Å². The summed E-state index contributed by atoms with van der Waals surface area (Å²) < 4.78 is 27.4. The maximum absolute atomic E-state index is 12.0. The number of primary sulfonamides is 1. The molecule has 3 N–H and O–H groups in total. The zero-order chi connectivity index (χ0) is 20.0. The van der Waals surface area contributed by atoms with Crippen LogP contribution in [0.1, 0.15) is 32.6 Å². The minimum atomic E-state index is -3.71. The highest BCUT2D eigenvalue weighted by atomic mass is 32.2. The third-order valence-corrected chi connectivity index (χ3v) is 6.16. The zero-order valence-electron chi connectivity index (χ0n) is 15.2. The van der Waals surface area contributed by atoms with E-state index in [-0.39, 0.29) is 11.5 Å². The summed E-state index contributed by atoms with van der Waals surface area (Å²) in [5, 5.41) is 7.69. The van der Waals surface area contributed by atoms with E-state index in [2.05, 4.69) is 5.32 Å². The van der Waals surface area contributed by atoms with Crippen LogP contribution in [-0.2, 0) is 32.4 Å². The SMILES string of the molecule is CCc1sc(C(=O)OCC(=O)NCCc2ccc(S(N)(=O)=O)cc2)cc1C. The molecule has 0 spiro atoms. The number of esters is 1. The number of nitrogens with one attached hydrogen (secondary N) is 1. The number of nitrogens with two attached hydrogens (primary N) is 1. The summed E-state index contributed by atoms with van der Waals surface area (Å²) >= 11 is 1.38. The topological polar surface area (TPSA) is 116 Å². The highest BCUT2D eigenvalue weighted by Crippen LogP contribution is 2.22. The molecule has 0 aliphatic carbocycles. The van der Waals surface area contributed by atoms with Crippen LogP contribution in [0.4, 0.5) is 0 Å². The molecule has 1 aromatic heterocycles. The maximum atomic E-state index is 12.0. The summed E-state index contributed by atoms with van der Waals surface area (Å²) in [6, 6.07) is 7.88. The predicted octanol–water partition coefficient (Wildman–Crippen LogP) is 1.78. The Morgan fingerprint density at radius 3 is 2.44 bits per heavy atom. The summed E-state index contributed by atoms with van der Waals surface area (Å²) in [6.45, 7) is 3.95. The highest BCUT2D eigenvalue weighted by Gasteiger charge is 2.14. The van der Waals surface area contributed by atoms with Crippen LogP contribution < -0.4 is 10.5 Å². The smallest absolute Gasteiger partial charge is 0.348 e. The Bertz CT molecular complexity index is 918. The van der Waals surface area contributed by atoms with Crippen molar-refractivity contribution in [1.29, 1.82) is 0 Å². The Labute approximate surface area is 162 Å². The van der Waals surface area contributed by atoms with Crippen molar-refractivity contribution in [2.75, 3.05) is 13.2 Å². The molecule has 0 saturated carbocycles. The van der Waals surface area contributed by atoms with Crippen molar-refractivity contribution in [3.63, 3.8) is 0 Å². The molecule has 27 heavy (non-hydrogen) atoms. The van der Waals surface area contributed by atoms with Gasteiger partial charge in [0.05, 0.1) is 4.90 Å². The standard InChI is InChI=1S/C18H22N2O5S2/c1-3-15-12(2)10-16(26-15)18(22)25-11-17(21)20-9-8-13-4-6-14(7-5-13)27(19,23)24/h4-7,10H,3,8-9,11H2,1-2H3,(H,20,21)(H2,19,23,24). The first-order valence-electron chi connectivity index (χ1n) is 8.35. The predicted molar refractivity (Wildman–Crippen MR) is 103 cm³/mol. The van der Waals surface area contributed by atoms with Crippen molar-refractivity contribution in [1.82, 2.24) is 5.32 Å². The van der Waals surface area contributed by atoms with Gasteiger partial charge in [0.2, 0.25) is 10.0 Å². The molecular weight excluding hydrogens is 388 g/mol. The molecule has 1 aromatic carbocycles. The lowest BCUT2D eigenvalue weighted by molar-refractivity contribution is -0.124. The highest BCUT2D eigenvalue weighted by molar-refractivity contribution is 7.89. The van der Waals surface area contributed by atoms with Gasteiger partial charge in [-0.2, -0.15) is 0 Å². The van der Waals surface area contributed by atoms with Gasteiger partial charge in [-0.05, 0) is 49.1 Å². The number of thiophene rings is 1. The molecule has 9 heteroatoms. The van der Waals surface area contributed by atoms with Gasteiger partial charge in [-0.25, -0.2) is 18.4 Å². The molecule has 0 atom stereocenters. The van der Waals surface area contributed by atoms with Crippen LogP contribution >= 0.6 is 11.3 Å². The minimum absolute atomic E-state index is 0.0391. The number of amides is 1. The van der Waals surface area contributed by atoms with Crippen molar-refractivity contribution in [2.45, 2.75) is 31.6 Å². The first kappa shape index (κ1) is 21.1. The normalized spacial score (nSPS) is 11.2. The summed E-state index contributed by atoms with van der Waals surface area (Å²) in [6.07, 6.45) is 1.36.